The van der Waals surface area contributed by atoms with Gasteiger partial charge in [0.2, 0.25) is 5.91 Å². The monoisotopic (exact) mass is 619 g/mol. The minimum atomic E-state index is -4.86. The second kappa shape index (κ2) is 10.0. The van der Waals surface area contributed by atoms with Gasteiger partial charge in [-0.05, 0) is 38.3 Å². The number of carbonyl (C=O) groups is 2. The number of aromatic nitrogens is 5. The van der Waals surface area contributed by atoms with E-state index in [0.717, 1.165) is 10.7 Å². The smallest absolute Gasteiger partial charge is 0.365 e. The highest BCUT2D eigenvalue weighted by Gasteiger charge is 2.42. The van der Waals surface area contributed by atoms with Crippen LogP contribution in [0.15, 0.2) is 12.3 Å². The first-order valence-corrected chi connectivity index (χ1v) is 13.3. The summed E-state index contributed by atoms with van der Waals surface area (Å²) in [5, 5.41) is 9.67. The number of hydrogen-bond acceptors (Lipinski definition) is 6. The first-order chi connectivity index (χ1) is 19.1. The highest BCUT2D eigenvalue weighted by atomic mass is 35.5. The van der Waals surface area contributed by atoms with Crippen LogP contribution in [0.4, 0.5) is 32.0 Å². The Morgan fingerprint density at radius 3 is 2.37 bits per heavy atom. The van der Waals surface area contributed by atoms with Crippen LogP contribution in [-0.4, -0.2) is 36.4 Å². The summed E-state index contributed by atoms with van der Waals surface area (Å²) >= 11 is 6.53. The number of alkyl halides is 6. The van der Waals surface area contributed by atoms with Crippen molar-refractivity contribution in [1.29, 1.82) is 0 Å². The van der Waals surface area contributed by atoms with Gasteiger partial charge in [-0.1, -0.05) is 11.6 Å². The normalized spacial score (nSPS) is 14.2. The maximum Gasteiger partial charge on any atom is 0.436 e. The van der Waals surface area contributed by atoms with Crippen LogP contribution in [0.1, 0.15) is 58.1 Å². The van der Waals surface area contributed by atoms with E-state index in [-0.39, 0.29) is 38.0 Å². The maximum absolute atomic E-state index is 13.8. The van der Waals surface area contributed by atoms with Crippen LogP contribution >= 0.6 is 22.9 Å². The van der Waals surface area contributed by atoms with Crippen molar-refractivity contribution < 1.29 is 35.9 Å². The van der Waals surface area contributed by atoms with Crippen LogP contribution in [0.2, 0.25) is 5.02 Å². The van der Waals surface area contributed by atoms with E-state index in [1.165, 1.54) is 10.9 Å². The Morgan fingerprint density at radius 2 is 1.83 bits per heavy atom. The number of pyridine rings is 1. The van der Waals surface area contributed by atoms with Gasteiger partial charge in [0.15, 0.2) is 5.69 Å². The summed E-state index contributed by atoms with van der Waals surface area (Å²) in [4.78, 5) is 28.7. The first-order valence-electron chi connectivity index (χ1n) is 12.1. The highest BCUT2D eigenvalue weighted by Crippen LogP contribution is 2.47. The number of nitrogens with zero attached hydrogens (tertiary/aromatic N) is 5. The molecule has 0 aliphatic heterocycles. The molecule has 9 nitrogen and oxygen atoms in total. The van der Waals surface area contributed by atoms with Gasteiger partial charge in [0.05, 0.1) is 22.1 Å². The average molecular weight is 620 g/mol. The van der Waals surface area contributed by atoms with Gasteiger partial charge < -0.3 is 11.1 Å². The third-order valence-electron chi connectivity index (χ3n) is 6.46. The molecule has 1 aliphatic rings. The van der Waals surface area contributed by atoms with E-state index in [0.29, 0.717) is 42.0 Å². The van der Waals surface area contributed by atoms with Gasteiger partial charge in [0.1, 0.15) is 21.9 Å². The van der Waals surface area contributed by atoms with E-state index in [2.05, 4.69) is 20.5 Å². The molecule has 1 saturated carbocycles. The fourth-order valence-electron chi connectivity index (χ4n) is 4.51. The van der Waals surface area contributed by atoms with Gasteiger partial charge in [-0.25, -0.2) is 4.98 Å². The van der Waals surface area contributed by atoms with Gasteiger partial charge in [-0.15, -0.1) is 11.3 Å². The number of halogens is 7. The van der Waals surface area contributed by atoms with Gasteiger partial charge in [0.25, 0.3) is 5.91 Å². The van der Waals surface area contributed by atoms with Crippen LogP contribution in [-0.2, 0) is 30.2 Å². The summed E-state index contributed by atoms with van der Waals surface area (Å²) in [5.41, 5.74) is 3.43. The van der Waals surface area contributed by atoms with Crippen molar-refractivity contribution in [2.24, 2.45) is 5.73 Å². The summed E-state index contributed by atoms with van der Waals surface area (Å²) in [6.45, 7) is 3.06. The number of nitrogens with two attached hydrogens (primary N) is 1. The van der Waals surface area contributed by atoms with Crippen molar-refractivity contribution in [2.75, 3.05) is 5.32 Å². The number of aryl methyl sites for hydroxylation is 2. The molecule has 4 aromatic rings. The predicted octanol–water partition coefficient (Wildman–Crippen LogP) is 5.99. The lowest BCUT2D eigenvalue weighted by Gasteiger charge is -2.12. The molecule has 0 atom stereocenters. The summed E-state index contributed by atoms with van der Waals surface area (Å²) in [6, 6.07) is 0.785. The summed E-state index contributed by atoms with van der Waals surface area (Å²) < 4.78 is 84.1. The number of fused-ring (bicyclic) bond motifs is 1. The lowest BCUT2D eigenvalue weighted by molar-refractivity contribution is -0.142. The minimum absolute atomic E-state index is 0.000739. The Bertz CT molecular complexity index is 1700. The van der Waals surface area contributed by atoms with Crippen molar-refractivity contribution in [1.82, 2.24) is 24.5 Å². The number of primary amides is 1. The maximum atomic E-state index is 13.8. The molecule has 2 amide bonds. The third-order valence-corrected chi connectivity index (χ3v) is 7.93. The Kier molecular flexibility index (Phi) is 7.04. The molecule has 3 N–H and O–H groups in total. The van der Waals surface area contributed by atoms with E-state index in [4.69, 9.17) is 17.3 Å². The Hall–Kier alpha value is -3.66. The zero-order valence-electron chi connectivity index (χ0n) is 21.2. The second-order valence-corrected chi connectivity index (χ2v) is 10.8. The largest absolute Gasteiger partial charge is 0.436 e. The van der Waals surface area contributed by atoms with Gasteiger partial charge in [0, 0.05) is 29.6 Å². The lowest BCUT2D eigenvalue weighted by Crippen LogP contribution is -2.23. The van der Waals surface area contributed by atoms with Gasteiger partial charge >= 0.3 is 12.4 Å². The lowest BCUT2D eigenvalue weighted by atomic mass is 10.0. The summed E-state index contributed by atoms with van der Waals surface area (Å²) in [5.74, 6) is -2.27. The number of amides is 2. The fourth-order valence-corrected chi connectivity index (χ4v) is 5.91. The molecule has 0 aromatic carbocycles. The molecule has 5 rings (SSSR count). The summed E-state index contributed by atoms with van der Waals surface area (Å²) in [7, 11) is 0. The zero-order valence-corrected chi connectivity index (χ0v) is 22.8. The highest BCUT2D eigenvalue weighted by molar-refractivity contribution is 7.21. The molecule has 0 radical (unpaired) electrons. The van der Waals surface area contributed by atoms with Crippen LogP contribution < -0.4 is 11.1 Å². The molecule has 1 aliphatic carbocycles. The SMILES string of the molecule is CCn1cc(-c2cc(C(F)(F)F)nc3sc(C(N)=O)c(NC(=O)Cn4nc(C(F)(F)F)c(Cl)c4C4CC4)c23)c(C)n1. The Morgan fingerprint density at radius 1 is 1.15 bits per heavy atom. The molecule has 1 fully saturated rings. The van der Waals surface area contributed by atoms with E-state index < -0.39 is 47.1 Å². The van der Waals surface area contributed by atoms with E-state index >= 15 is 0 Å². The fraction of sp³-hybridized carbons (Fsp3) is 0.375. The number of rotatable bonds is 7. The number of hydrogen-bond donors (Lipinski definition) is 2. The molecule has 0 spiro atoms. The quantitative estimate of drug-likeness (QED) is 0.246. The Balaban J connectivity index is 1.64. The van der Waals surface area contributed by atoms with E-state index in [1.807, 2.05) is 0 Å². The number of nitrogens with one attached hydrogen (secondary N) is 1. The van der Waals surface area contributed by atoms with Crippen molar-refractivity contribution in [3.63, 3.8) is 0 Å². The van der Waals surface area contributed by atoms with Crippen LogP contribution in [0.25, 0.3) is 21.3 Å². The van der Waals surface area contributed by atoms with Gasteiger partial charge in [-0.3, -0.25) is 19.0 Å². The number of carbonyl (C=O) groups excluding carboxylic acids is 2. The first kappa shape index (κ1) is 28.9. The molecule has 4 heterocycles. The van der Waals surface area contributed by atoms with E-state index in [9.17, 15) is 35.9 Å². The van der Waals surface area contributed by atoms with Crippen LogP contribution in [0.3, 0.4) is 0 Å². The molecule has 4 aromatic heterocycles. The van der Waals surface area contributed by atoms with Crippen LogP contribution in [0, 0.1) is 6.92 Å². The predicted molar refractivity (Wildman–Crippen MR) is 138 cm³/mol. The van der Waals surface area contributed by atoms with Crippen molar-refractivity contribution >= 4 is 50.7 Å². The second-order valence-electron chi connectivity index (χ2n) is 9.41. The molecular weight excluding hydrogens is 600 g/mol. The standard InChI is InChI=1S/C24H20ClF6N7O2S/c1-3-37-7-12(9(2)35-37)11-6-13(23(26,27)28)33-22-15(11)17(19(41-22)21(32)40)34-14(39)8-38-18(10-4-5-10)16(25)20(36-38)24(29,30)31/h6-7,10H,3-5,8H2,1-2H3,(H2,32,40)(H,34,39). The zero-order chi connectivity index (χ0) is 30.0. The molecule has 0 unspecified atom stereocenters. The molecule has 0 bridgehead atoms. The van der Waals surface area contributed by atoms with Gasteiger partial charge in [-0.2, -0.15) is 36.5 Å². The van der Waals surface area contributed by atoms with Crippen molar-refractivity contribution in [2.45, 2.75) is 58.0 Å². The van der Waals surface area contributed by atoms with Crippen molar-refractivity contribution in [3.8, 4) is 11.1 Å². The Labute approximate surface area is 236 Å². The molecule has 0 saturated heterocycles. The number of thiophene rings is 1. The minimum Gasteiger partial charge on any atom is -0.365 e. The molecule has 17 heteroatoms. The number of anilines is 1. The molecule has 218 valence electrons. The average Bonchev–Trinajstić information content (AvgIpc) is 3.39. The van der Waals surface area contributed by atoms with Crippen molar-refractivity contribution in [3.05, 3.63) is 44.9 Å². The molecular formula is C24H20ClF6N7O2S. The topological polar surface area (TPSA) is 121 Å². The van der Waals surface area contributed by atoms with E-state index in [1.54, 1.807) is 13.8 Å². The van der Waals surface area contributed by atoms with Crippen LogP contribution in [0.5, 0.6) is 0 Å². The summed E-state index contributed by atoms with van der Waals surface area (Å²) in [6.07, 6.45) is -7.06. The third kappa shape index (κ3) is 5.37. The molecule has 41 heavy (non-hydrogen) atoms.